The zero-order valence-electron chi connectivity index (χ0n) is 13.3. The summed E-state index contributed by atoms with van der Waals surface area (Å²) < 4.78 is 5.71. The number of anilines is 2. The van der Waals surface area contributed by atoms with Crippen LogP contribution in [0, 0.1) is 18.3 Å². The fraction of sp³-hybridized carbons (Fsp3) is 0.105. The van der Waals surface area contributed by atoms with Gasteiger partial charge in [-0.05, 0) is 49.7 Å². The van der Waals surface area contributed by atoms with Crippen LogP contribution in [0.25, 0.3) is 11.3 Å². The number of Topliss-reactive ketones (excluding diaryl/α,β-unsaturated/α-hetero) is 1. The Labute approximate surface area is 139 Å². The van der Waals surface area contributed by atoms with Crippen molar-refractivity contribution in [1.82, 2.24) is 4.98 Å². The molecule has 0 saturated heterocycles. The number of nitrogens with one attached hydrogen (secondary N) is 1. The van der Waals surface area contributed by atoms with Gasteiger partial charge in [0.15, 0.2) is 11.5 Å². The summed E-state index contributed by atoms with van der Waals surface area (Å²) in [4.78, 5) is 15.7. The molecule has 0 fully saturated rings. The van der Waals surface area contributed by atoms with Crippen molar-refractivity contribution in [3.63, 3.8) is 0 Å². The molecule has 0 saturated carbocycles. The van der Waals surface area contributed by atoms with E-state index >= 15 is 0 Å². The Morgan fingerprint density at radius 3 is 2.62 bits per heavy atom. The van der Waals surface area contributed by atoms with E-state index < -0.39 is 0 Å². The summed E-state index contributed by atoms with van der Waals surface area (Å²) in [5.41, 5.74) is 3.81. The lowest BCUT2D eigenvalue weighted by Crippen LogP contribution is -1.97. The monoisotopic (exact) mass is 317 g/mol. The van der Waals surface area contributed by atoms with Crippen molar-refractivity contribution < 1.29 is 9.21 Å². The summed E-state index contributed by atoms with van der Waals surface area (Å²) in [6.07, 6.45) is 1.62. The maximum absolute atomic E-state index is 11.5. The van der Waals surface area contributed by atoms with Crippen LogP contribution in [-0.4, -0.2) is 10.8 Å². The number of aromatic nitrogens is 1. The van der Waals surface area contributed by atoms with E-state index in [4.69, 9.17) is 9.68 Å². The predicted molar refractivity (Wildman–Crippen MR) is 91.1 cm³/mol. The third-order valence-corrected chi connectivity index (χ3v) is 3.69. The van der Waals surface area contributed by atoms with E-state index in [2.05, 4.69) is 16.4 Å². The molecule has 0 atom stereocenters. The molecule has 1 aromatic heterocycles. The predicted octanol–water partition coefficient (Wildman–Crippen LogP) is 4.47. The number of rotatable bonds is 4. The lowest BCUT2D eigenvalue weighted by molar-refractivity contribution is 0.101. The highest BCUT2D eigenvalue weighted by molar-refractivity contribution is 5.95. The first kappa shape index (κ1) is 15.5. The number of benzene rings is 2. The minimum atomic E-state index is 0.00345. The van der Waals surface area contributed by atoms with E-state index in [1.165, 1.54) is 6.92 Å². The minimum Gasteiger partial charge on any atom is -0.423 e. The van der Waals surface area contributed by atoms with E-state index in [0.29, 0.717) is 22.9 Å². The number of carbonyl (C=O) groups excluding carboxylic acids is 1. The summed E-state index contributed by atoms with van der Waals surface area (Å²) >= 11 is 0. The van der Waals surface area contributed by atoms with E-state index in [1.807, 2.05) is 25.1 Å². The van der Waals surface area contributed by atoms with Gasteiger partial charge in [0.05, 0.1) is 17.8 Å². The lowest BCUT2D eigenvalue weighted by Gasteiger charge is -2.07. The van der Waals surface area contributed by atoms with Crippen molar-refractivity contribution in [3.8, 4) is 17.4 Å². The molecule has 0 aliphatic rings. The van der Waals surface area contributed by atoms with Crippen molar-refractivity contribution >= 4 is 17.5 Å². The van der Waals surface area contributed by atoms with Crippen LogP contribution in [0.1, 0.15) is 28.4 Å². The Balaban J connectivity index is 1.85. The topological polar surface area (TPSA) is 78.9 Å². The number of hydrogen-bond acceptors (Lipinski definition) is 5. The van der Waals surface area contributed by atoms with Crippen LogP contribution in [0.3, 0.4) is 0 Å². The molecule has 0 aliphatic heterocycles. The maximum Gasteiger partial charge on any atom is 0.299 e. The van der Waals surface area contributed by atoms with Crippen LogP contribution in [0.15, 0.2) is 53.1 Å². The summed E-state index contributed by atoms with van der Waals surface area (Å²) in [7, 11) is 0. The van der Waals surface area contributed by atoms with Crippen molar-refractivity contribution in [2.45, 2.75) is 13.8 Å². The molecule has 0 aliphatic carbocycles. The molecule has 3 rings (SSSR count). The fourth-order valence-electron chi connectivity index (χ4n) is 2.27. The Hall–Kier alpha value is -3.39. The summed E-state index contributed by atoms with van der Waals surface area (Å²) in [5.74, 6) is 0.603. The number of nitrogens with zero attached hydrogens (tertiary/aromatic N) is 2. The van der Waals surface area contributed by atoms with Gasteiger partial charge in [0.1, 0.15) is 0 Å². The van der Waals surface area contributed by atoms with Gasteiger partial charge in [0.2, 0.25) is 0 Å². The quantitative estimate of drug-likeness (QED) is 0.718. The van der Waals surface area contributed by atoms with Crippen molar-refractivity contribution in [1.29, 1.82) is 5.26 Å². The average Bonchev–Trinajstić information content (AvgIpc) is 3.05. The first-order chi connectivity index (χ1) is 11.6. The normalized spacial score (nSPS) is 10.2. The SMILES string of the molecule is CC(=O)c1ccc(C)c(Nc2ncc(-c3ccc(C#N)cc3)o2)c1. The molecular formula is C19H15N3O2. The van der Waals surface area contributed by atoms with Gasteiger partial charge < -0.3 is 9.73 Å². The molecular weight excluding hydrogens is 302 g/mol. The van der Waals surface area contributed by atoms with Crippen molar-refractivity contribution in [2.24, 2.45) is 0 Å². The van der Waals surface area contributed by atoms with Crippen LogP contribution >= 0.6 is 0 Å². The Morgan fingerprint density at radius 1 is 1.21 bits per heavy atom. The zero-order valence-corrected chi connectivity index (χ0v) is 13.3. The number of aryl methyl sites for hydroxylation is 1. The molecule has 5 heteroatoms. The first-order valence-electron chi connectivity index (χ1n) is 7.42. The molecule has 0 bridgehead atoms. The summed E-state index contributed by atoms with van der Waals surface area (Å²) in [5, 5.41) is 11.9. The van der Waals surface area contributed by atoms with E-state index in [9.17, 15) is 4.79 Å². The fourth-order valence-corrected chi connectivity index (χ4v) is 2.27. The molecule has 1 heterocycles. The average molecular weight is 317 g/mol. The highest BCUT2D eigenvalue weighted by Gasteiger charge is 2.09. The second-order valence-corrected chi connectivity index (χ2v) is 5.43. The van der Waals surface area contributed by atoms with E-state index in [-0.39, 0.29) is 5.78 Å². The molecule has 5 nitrogen and oxygen atoms in total. The van der Waals surface area contributed by atoms with Crippen LogP contribution in [-0.2, 0) is 0 Å². The Kier molecular flexibility index (Phi) is 4.13. The largest absolute Gasteiger partial charge is 0.423 e. The van der Waals surface area contributed by atoms with E-state index in [0.717, 1.165) is 16.8 Å². The molecule has 3 aromatic rings. The molecule has 0 radical (unpaired) electrons. The summed E-state index contributed by atoms with van der Waals surface area (Å²) in [6.45, 7) is 3.47. The van der Waals surface area contributed by atoms with Crippen LogP contribution < -0.4 is 5.32 Å². The number of oxazole rings is 1. The van der Waals surface area contributed by atoms with Gasteiger partial charge in [0, 0.05) is 16.8 Å². The van der Waals surface area contributed by atoms with Gasteiger partial charge in [-0.1, -0.05) is 12.1 Å². The molecule has 1 N–H and O–H groups in total. The number of ketones is 1. The highest BCUT2D eigenvalue weighted by Crippen LogP contribution is 2.26. The molecule has 0 amide bonds. The zero-order chi connectivity index (χ0) is 17.1. The smallest absolute Gasteiger partial charge is 0.299 e. The second kappa shape index (κ2) is 6.39. The molecule has 0 spiro atoms. The minimum absolute atomic E-state index is 0.00345. The molecule has 118 valence electrons. The highest BCUT2D eigenvalue weighted by atomic mass is 16.4. The van der Waals surface area contributed by atoms with Crippen molar-refractivity contribution in [3.05, 3.63) is 65.4 Å². The van der Waals surface area contributed by atoms with Crippen molar-refractivity contribution in [2.75, 3.05) is 5.32 Å². The second-order valence-electron chi connectivity index (χ2n) is 5.43. The van der Waals surface area contributed by atoms with Gasteiger partial charge >= 0.3 is 0 Å². The lowest BCUT2D eigenvalue weighted by atomic mass is 10.1. The van der Waals surface area contributed by atoms with Crippen LogP contribution in [0.4, 0.5) is 11.7 Å². The number of nitriles is 1. The van der Waals surface area contributed by atoms with Gasteiger partial charge in [-0.2, -0.15) is 5.26 Å². The van der Waals surface area contributed by atoms with Gasteiger partial charge in [-0.25, -0.2) is 4.98 Å². The summed E-state index contributed by atoms with van der Waals surface area (Å²) in [6, 6.07) is 15.0. The molecule has 2 aromatic carbocycles. The molecule has 24 heavy (non-hydrogen) atoms. The number of hydrogen-bond donors (Lipinski definition) is 1. The van der Waals surface area contributed by atoms with Gasteiger partial charge in [-0.3, -0.25) is 4.79 Å². The Morgan fingerprint density at radius 2 is 1.96 bits per heavy atom. The van der Waals surface area contributed by atoms with Crippen LogP contribution in [0.5, 0.6) is 0 Å². The molecule has 0 unspecified atom stereocenters. The third-order valence-electron chi connectivity index (χ3n) is 3.69. The maximum atomic E-state index is 11.5. The van der Waals surface area contributed by atoms with E-state index in [1.54, 1.807) is 30.5 Å². The first-order valence-corrected chi connectivity index (χ1v) is 7.42. The van der Waals surface area contributed by atoms with Gasteiger partial charge in [-0.15, -0.1) is 0 Å². The number of carbonyl (C=O) groups is 1. The Bertz CT molecular complexity index is 934. The standard InChI is InChI=1S/C19H15N3O2/c1-12-3-6-16(13(2)23)9-17(12)22-19-21-11-18(24-19)15-7-4-14(10-20)5-8-15/h3-9,11H,1-2H3,(H,21,22). The van der Waals surface area contributed by atoms with Gasteiger partial charge in [0.25, 0.3) is 6.01 Å². The third kappa shape index (κ3) is 3.18. The van der Waals surface area contributed by atoms with Crippen LogP contribution in [0.2, 0.25) is 0 Å².